The molecule has 0 saturated heterocycles. The molecule has 4 aliphatic carbocycles. The number of carbonyl (C=O) groups is 1. The first-order valence-electron chi connectivity index (χ1n) is 13.7. The Morgan fingerprint density at radius 2 is 1.41 bits per heavy atom. The van der Waals surface area contributed by atoms with Gasteiger partial charge in [-0.2, -0.15) is 0 Å². The Morgan fingerprint density at radius 1 is 0.730 bits per heavy atom. The number of hydrogen-bond donors (Lipinski definition) is 1. The van der Waals surface area contributed by atoms with Gasteiger partial charge in [0.25, 0.3) is 0 Å². The zero-order valence-electron chi connectivity index (χ0n) is 21.0. The summed E-state index contributed by atoms with van der Waals surface area (Å²) in [6.45, 7) is 0.584. The van der Waals surface area contributed by atoms with Crippen molar-refractivity contribution in [2.75, 3.05) is 0 Å². The van der Waals surface area contributed by atoms with Crippen LogP contribution in [0.3, 0.4) is 0 Å². The summed E-state index contributed by atoms with van der Waals surface area (Å²) in [5.41, 5.74) is 5.05. The van der Waals surface area contributed by atoms with Crippen LogP contribution in [-0.2, 0) is 6.61 Å². The Morgan fingerprint density at radius 3 is 2.08 bits per heavy atom. The van der Waals surface area contributed by atoms with Gasteiger partial charge in [-0.3, -0.25) is 0 Å². The van der Waals surface area contributed by atoms with Gasteiger partial charge in [0.2, 0.25) is 0 Å². The van der Waals surface area contributed by atoms with Gasteiger partial charge in [-0.1, -0.05) is 54.6 Å². The van der Waals surface area contributed by atoms with E-state index in [1.807, 2.05) is 18.2 Å². The number of carboxylic acids is 1. The van der Waals surface area contributed by atoms with Crippen molar-refractivity contribution in [2.45, 2.75) is 44.6 Å². The third-order valence-corrected chi connectivity index (χ3v) is 9.26. The lowest BCUT2D eigenvalue weighted by molar-refractivity contribution is -0.00365. The number of aromatic carboxylic acids is 1. The lowest BCUT2D eigenvalue weighted by atomic mass is 9.50. The van der Waals surface area contributed by atoms with Crippen molar-refractivity contribution in [3.8, 4) is 16.9 Å². The van der Waals surface area contributed by atoms with E-state index in [9.17, 15) is 9.90 Å². The van der Waals surface area contributed by atoms with Gasteiger partial charge in [0.15, 0.2) is 0 Å². The summed E-state index contributed by atoms with van der Waals surface area (Å²) in [5.74, 6) is 4.17. The summed E-state index contributed by atoms with van der Waals surface area (Å²) in [6.07, 6.45) is 6.97. The molecule has 4 saturated carbocycles. The zero-order valence-corrected chi connectivity index (χ0v) is 21.0. The largest absolute Gasteiger partial charge is 0.489 e. The first-order valence-corrected chi connectivity index (χ1v) is 13.7. The van der Waals surface area contributed by atoms with Crippen LogP contribution in [0, 0.1) is 23.7 Å². The number of carboxylic acid groups (broad SMARTS) is 1. The number of rotatable bonds is 6. The molecule has 0 heterocycles. The molecule has 8 rings (SSSR count). The number of ether oxygens (including phenoxy) is 1. The lowest BCUT2D eigenvalue weighted by Gasteiger charge is -2.54. The molecule has 4 aromatic rings. The maximum atomic E-state index is 11.3. The van der Waals surface area contributed by atoms with Crippen LogP contribution in [0.1, 0.15) is 59.5 Å². The highest BCUT2D eigenvalue weighted by Crippen LogP contribution is 2.61. The van der Waals surface area contributed by atoms with Crippen molar-refractivity contribution in [1.29, 1.82) is 0 Å². The van der Waals surface area contributed by atoms with Crippen LogP contribution in [0.15, 0.2) is 84.9 Å². The Bertz CT molecular complexity index is 1430. The Hall–Kier alpha value is -3.59. The standard InChI is InChI=1S/C34H32O3/c35-34(36)25-8-6-24(7-9-25)26-10-11-27-19-32(37-20-21-4-2-1-3-5-21)31(18-28(27)17-26)33-29-13-22-12-23(15-29)16-30(33)14-22/h1-11,17-19,22-23,29-30,33H,12-16,20H2,(H,35,36). The van der Waals surface area contributed by atoms with Gasteiger partial charge in [-0.15, -0.1) is 0 Å². The SMILES string of the molecule is O=C(O)c1ccc(-c2ccc3cc(OCc4ccccc4)c(C4C5CC6CC(C5)CC4C6)cc3c2)cc1. The molecule has 4 fully saturated rings. The molecule has 4 aliphatic rings. The third kappa shape index (κ3) is 4.21. The van der Waals surface area contributed by atoms with E-state index in [1.165, 1.54) is 54.0 Å². The van der Waals surface area contributed by atoms with E-state index < -0.39 is 5.97 Å². The minimum Gasteiger partial charge on any atom is -0.489 e. The molecule has 4 aromatic carbocycles. The molecule has 0 atom stereocenters. The summed E-state index contributed by atoms with van der Waals surface area (Å²) in [5, 5.41) is 11.7. The van der Waals surface area contributed by atoms with Gasteiger partial charge in [0, 0.05) is 0 Å². The summed E-state index contributed by atoms with van der Waals surface area (Å²) in [6, 6.07) is 28.9. The van der Waals surface area contributed by atoms with E-state index >= 15 is 0 Å². The van der Waals surface area contributed by atoms with Crippen molar-refractivity contribution < 1.29 is 14.6 Å². The highest BCUT2D eigenvalue weighted by molar-refractivity contribution is 5.91. The second-order valence-corrected chi connectivity index (χ2v) is 11.6. The van der Waals surface area contributed by atoms with Gasteiger partial charge in [-0.25, -0.2) is 4.79 Å². The van der Waals surface area contributed by atoms with E-state index in [1.54, 1.807) is 12.1 Å². The summed E-state index contributed by atoms with van der Waals surface area (Å²) >= 11 is 0. The van der Waals surface area contributed by atoms with Crippen LogP contribution in [-0.4, -0.2) is 11.1 Å². The molecule has 3 heteroatoms. The van der Waals surface area contributed by atoms with E-state index in [2.05, 4.69) is 54.6 Å². The molecule has 37 heavy (non-hydrogen) atoms. The van der Waals surface area contributed by atoms with Gasteiger partial charge < -0.3 is 9.84 Å². The Balaban J connectivity index is 1.29. The topological polar surface area (TPSA) is 46.5 Å². The molecule has 0 spiro atoms. The zero-order chi connectivity index (χ0) is 24.9. The lowest BCUT2D eigenvalue weighted by Crippen LogP contribution is -2.43. The maximum absolute atomic E-state index is 11.3. The quantitative estimate of drug-likeness (QED) is 0.297. The first-order chi connectivity index (χ1) is 18.1. The van der Waals surface area contributed by atoms with Crippen LogP contribution in [0.2, 0.25) is 0 Å². The van der Waals surface area contributed by atoms with Crippen LogP contribution in [0.25, 0.3) is 21.9 Å². The second kappa shape index (κ2) is 9.06. The average molecular weight is 489 g/mol. The maximum Gasteiger partial charge on any atom is 0.335 e. The molecule has 0 aromatic heterocycles. The molecule has 0 aliphatic heterocycles. The van der Waals surface area contributed by atoms with Crippen molar-refractivity contribution in [3.63, 3.8) is 0 Å². The fraction of sp³-hybridized carbons (Fsp3) is 0.324. The van der Waals surface area contributed by atoms with E-state index in [0.717, 1.165) is 40.5 Å². The first kappa shape index (κ1) is 22.6. The van der Waals surface area contributed by atoms with Crippen LogP contribution >= 0.6 is 0 Å². The highest BCUT2D eigenvalue weighted by atomic mass is 16.5. The molecule has 0 amide bonds. The van der Waals surface area contributed by atoms with Crippen LogP contribution in [0.4, 0.5) is 0 Å². The van der Waals surface area contributed by atoms with Gasteiger partial charge in [0.05, 0.1) is 5.56 Å². The summed E-state index contributed by atoms with van der Waals surface area (Å²) in [7, 11) is 0. The highest BCUT2D eigenvalue weighted by Gasteiger charge is 2.49. The number of benzene rings is 4. The van der Waals surface area contributed by atoms with Crippen molar-refractivity contribution in [2.24, 2.45) is 23.7 Å². The predicted octanol–water partition coefficient (Wildman–Crippen LogP) is 8.32. The fourth-order valence-electron chi connectivity index (χ4n) is 7.83. The van der Waals surface area contributed by atoms with Crippen molar-refractivity contribution in [3.05, 3.63) is 102 Å². The van der Waals surface area contributed by atoms with Crippen LogP contribution < -0.4 is 4.74 Å². The molecule has 3 nitrogen and oxygen atoms in total. The van der Waals surface area contributed by atoms with E-state index in [0.29, 0.717) is 18.1 Å². The molecule has 1 N–H and O–H groups in total. The summed E-state index contributed by atoms with van der Waals surface area (Å²) < 4.78 is 6.58. The smallest absolute Gasteiger partial charge is 0.335 e. The van der Waals surface area contributed by atoms with Gasteiger partial charge >= 0.3 is 5.97 Å². The minimum atomic E-state index is -0.895. The van der Waals surface area contributed by atoms with Crippen molar-refractivity contribution in [1.82, 2.24) is 0 Å². The van der Waals surface area contributed by atoms with Crippen molar-refractivity contribution >= 4 is 16.7 Å². The fourth-order valence-corrected chi connectivity index (χ4v) is 7.83. The van der Waals surface area contributed by atoms with Gasteiger partial charge in [-0.05, 0) is 125 Å². The monoisotopic (exact) mass is 488 g/mol. The van der Waals surface area contributed by atoms with Gasteiger partial charge in [0.1, 0.15) is 12.4 Å². The second-order valence-electron chi connectivity index (χ2n) is 11.6. The molecule has 0 unspecified atom stereocenters. The van der Waals surface area contributed by atoms with E-state index in [4.69, 9.17) is 4.74 Å². The molecule has 186 valence electrons. The Kier molecular flexibility index (Phi) is 5.53. The predicted molar refractivity (Wildman–Crippen MR) is 147 cm³/mol. The Labute approximate surface area is 218 Å². The number of hydrogen-bond acceptors (Lipinski definition) is 2. The normalized spacial score (nSPS) is 25.9. The van der Waals surface area contributed by atoms with Crippen LogP contribution in [0.5, 0.6) is 5.75 Å². The molecular weight excluding hydrogens is 456 g/mol. The minimum absolute atomic E-state index is 0.314. The third-order valence-electron chi connectivity index (χ3n) is 9.26. The summed E-state index contributed by atoms with van der Waals surface area (Å²) in [4.78, 5) is 11.3. The molecule has 0 radical (unpaired) electrons. The molecular formula is C34H32O3. The average Bonchev–Trinajstić information content (AvgIpc) is 2.91. The number of fused-ring (bicyclic) bond motifs is 1. The molecule has 4 bridgehead atoms. The van der Waals surface area contributed by atoms with E-state index in [-0.39, 0.29) is 0 Å².